The van der Waals surface area contributed by atoms with Gasteiger partial charge in [-0.1, -0.05) is 12.1 Å². The van der Waals surface area contributed by atoms with Gasteiger partial charge in [-0.05, 0) is 6.07 Å². The van der Waals surface area contributed by atoms with E-state index in [0.717, 1.165) is 6.33 Å². The summed E-state index contributed by atoms with van der Waals surface area (Å²) in [6, 6.07) is 6.48. The zero-order valence-corrected chi connectivity index (χ0v) is 6.04. The lowest BCUT2D eigenvalue weighted by molar-refractivity contribution is -0.680. The van der Waals surface area contributed by atoms with Gasteiger partial charge in [0.15, 0.2) is 0 Å². The van der Waals surface area contributed by atoms with Crippen molar-refractivity contribution in [2.24, 2.45) is 0 Å². The van der Waals surface area contributed by atoms with Gasteiger partial charge in [-0.2, -0.15) is 0 Å². The molecule has 0 N–H and O–H groups in total. The lowest BCUT2D eigenvalue weighted by Crippen LogP contribution is -2.40. The molecule has 0 atom stereocenters. The van der Waals surface area contributed by atoms with Crippen LogP contribution in [0.4, 0.5) is 0 Å². The Bertz CT molecular complexity index is 389. The first-order valence-electron chi connectivity index (χ1n) is 3.36. The Morgan fingerprint density at radius 1 is 1.25 bits per heavy atom. The molecule has 0 amide bonds. The van der Waals surface area contributed by atoms with E-state index in [2.05, 4.69) is 5.10 Å². The normalized spacial score (nSPS) is 10.3. The quantitative estimate of drug-likeness (QED) is 0.300. The molecule has 12 heavy (non-hydrogen) atoms. The summed E-state index contributed by atoms with van der Waals surface area (Å²) in [6.45, 7) is 0. The van der Waals surface area contributed by atoms with Gasteiger partial charge >= 0.3 is 11.8 Å². The Morgan fingerprint density at radius 2 is 1.92 bits per heavy atom. The lowest BCUT2D eigenvalue weighted by atomic mass is 10.3. The number of hydrogen-bond donors (Lipinski definition) is 0. The molecule has 2 aromatic rings. The second kappa shape index (κ2) is 2.30. The number of rotatable bonds is 0. The van der Waals surface area contributed by atoms with E-state index in [0.29, 0.717) is 15.1 Å². The highest BCUT2D eigenvalue weighted by atomic mass is 18.2. The Labute approximate surface area is 67.7 Å². The summed E-state index contributed by atoms with van der Waals surface area (Å²) >= 11 is 0. The standard InChI is InChI=1S/C7H5N3O2/c11-9-5-8-10(12)7-4-2-1-3-6(7)9/h1-5H/i11+2. The third-order valence-electron chi connectivity index (χ3n) is 1.59. The Morgan fingerprint density at radius 3 is 2.58 bits per heavy atom. The van der Waals surface area contributed by atoms with E-state index in [1.54, 1.807) is 24.3 Å². The second-order valence-electron chi connectivity index (χ2n) is 2.32. The summed E-state index contributed by atoms with van der Waals surface area (Å²) in [6.07, 6.45) is 0.940. The highest BCUT2D eigenvalue weighted by Crippen LogP contribution is 2.00. The maximum atomic E-state index is 11.0. The fourth-order valence-electron chi connectivity index (χ4n) is 1.03. The number of hydrogen-bond acceptors (Lipinski definition) is 3. The van der Waals surface area contributed by atoms with Gasteiger partial charge in [0.2, 0.25) is 10.6 Å². The minimum Gasteiger partial charge on any atom is -0.710 e. The highest BCUT2D eigenvalue weighted by Gasteiger charge is 2.10. The molecule has 60 valence electrons. The third kappa shape index (κ3) is 0.833. The van der Waals surface area contributed by atoms with Gasteiger partial charge in [0.25, 0.3) is 0 Å². The summed E-state index contributed by atoms with van der Waals surface area (Å²) in [5.74, 6) is 0. The van der Waals surface area contributed by atoms with E-state index in [4.69, 9.17) is 0 Å². The topological polar surface area (TPSA) is 66.8 Å². The van der Waals surface area contributed by atoms with Gasteiger partial charge in [0, 0.05) is 6.07 Å². The molecule has 1 heterocycles. The molecule has 0 saturated carbocycles. The van der Waals surface area contributed by atoms with Crippen molar-refractivity contribution < 1.29 is 9.58 Å². The molecule has 0 bridgehead atoms. The molecule has 0 aliphatic carbocycles. The summed E-state index contributed by atoms with van der Waals surface area (Å²) in [5.41, 5.74) is 0.595. The van der Waals surface area contributed by atoms with Crippen molar-refractivity contribution in [3.05, 3.63) is 41.0 Å². The zero-order chi connectivity index (χ0) is 8.55. The summed E-state index contributed by atoms with van der Waals surface area (Å²) in [5, 5.41) is 25.3. The predicted octanol–water partition coefficient (Wildman–Crippen LogP) is -0.498. The maximum absolute atomic E-state index is 11.0. The average molecular weight is 165 g/mol. The van der Waals surface area contributed by atoms with Crippen molar-refractivity contribution in [3.63, 3.8) is 0 Å². The summed E-state index contributed by atoms with van der Waals surface area (Å²) < 4.78 is 0.559. The van der Waals surface area contributed by atoms with Crippen LogP contribution in [0.1, 0.15) is 0 Å². The fourth-order valence-corrected chi connectivity index (χ4v) is 1.03. The first-order chi connectivity index (χ1) is 5.79. The van der Waals surface area contributed by atoms with Crippen LogP contribution in [0.5, 0.6) is 0 Å². The van der Waals surface area contributed by atoms with Crippen LogP contribution >= 0.6 is 0 Å². The number of nitrogens with zero attached hydrogens (tertiary/aromatic N) is 3. The summed E-state index contributed by atoms with van der Waals surface area (Å²) in [4.78, 5) is 0.420. The van der Waals surface area contributed by atoms with Gasteiger partial charge in [-0.15, -0.1) is 0 Å². The van der Waals surface area contributed by atoms with E-state index in [1.807, 2.05) is 0 Å². The molecule has 0 aliphatic rings. The first kappa shape index (κ1) is 6.78. The molecule has 0 fully saturated rings. The molecule has 1 aromatic carbocycles. The van der Waals surface area contributed by atoms with Crippen molar-refractivity contribution in [1.82, 2.24) is 5.10 Å². The van der Waals surface area contributed by atoms with Crippen LogP contribution in [0.15, 0.2) is 30.6 Å². The molecule has 0 spiro atoms. The van der Waals surface area contributed by atoms with E-state index >= 15 is 0 Å². The predicted molar refractivity (Wildman–Crippen MR) is 39.7 cm³/mol. The van der Waals surface area contributed by atoms with E-state index in [-0.39, 0.29) is 5.52 Å². The van der Waals surface area contributed by atoms with Crippen LogP contribution in [0.3, 0.4) is 0 Å². The van der Waals surface area contributed by atoms with Crippen LogP contribution in [0.25, 0.3) is 11.0 Å². The van der Waals surface area contributed by atoms with Crippen molar-refractivity contribution in [2.75, 3.05) is 0 Å². The van der Waals surface area contributed by atoms with E-state index in [9.17, 15) is 10.4 Å². The molecule has 5 nitrogen and oxygen atoms in total. The van der Waals surface area contributed by atoms with Crippen LogP contribution in [-0.2, 0) is 0 Å². The molecular formula is C7H5N3O2. The van der Waals surface area contributed by atoms with Gasteiger partial charge in [-0.3, -0.25) is 0 Å². The monoisotopic (exact) mass is 165 g/mol. The smallest absolute Gasteiger partial charge is 0.365 e. The summed E-state index contributed by atoms with van der Waals surface area (Å²) in [7, 11) is 0. The molecule has 1 aromatic heterocycles. The number of aromatic nitrogens is 3. The maximum Gasteiger partial charge on any atom is 0.365 e. The van der Waals surface area contributed by atoms with Crippen molar-refractivity contribution in [3.8, 4) is 0 Å². The molecule has 0 unspecified atom stereocenters. The Kier molecular flexibility index (Phi) is 1.30. The number of benzene rings is 1. The molecule has 0 aliphatic heterocycles. The van der Waals surface area contributed by atoms with Crippen LogP contribution < -0.4 is 9.58 Å². The molecule has 0 saturated heterocycles. The van der Waals surface area contributed by atoms with Gasteiger partial charge in [0.1, 0.15) is 0 Å². The molecular weight excluding hydrogens is 160 g/mol. The Balaban J connectivity index is 2.95. The average Bonchev–Trinajstić information content (AvgIpc) is 2.12. The molecule has 0 radical (unpaired) electrons. The van der Waals surface area contributed by atoms with Crippen LogP contribution in [0, 0.1) is 10.4 Å². The van der Waals surface area contributed by atoms with Gasteiger partial charge in [0.05, 0.1) is 4.85 Å². The Hall–Kier alpha value is -1.91. The van der Waals surface area contributed by atoms with Crippen LogP contribution in [-0.4, -0.2) is 5.10 Å². The largest absolute Gasteiger partial charge is 0.710 e. The first-order valence-corrected chi connectivity index (χ1v) is 3.36. The zero-order valence-electron chi connectivity index (χ0n) is 6.04. The lowest BCUT2D eigenvalue weighted by Gasteiger charge is -2.00. The van der Waals surface area contributed by atoms with Crippen molar-refractivity contribution >= 4 is 11.0 Å². The minimum atomic E-state index is 0.273. The van der Waals surface area contributed by atoms with Gasteiger partial charge < -0.3 is 10.4 Å². The highest BCUT2D eigenvalue weighted by molar-refractivity contribution is 5.66. The molecule has 2 rings (SSSR count). The third-order valence-corrected chi connectivity index (χ3v) is 1.59. The minimum absolute atomic E-state index is 0.273. The van der Waals surface area contributed by atoms with Crippen molar-refractivity contribution in [2.45, 2.75) is 0 Å². The van der Waals surface area contributed by atoms with Gasteiger partial charge in [-0.25, -0.2) is 4.73 Å². The van der Waals surface area contributed by atoms with Crippen LogP contribution in [0.2, 0.25) is 0 Å². The number of fused-ring (bicyclic) bond motifs is 1. The van der Waals surface area contributed by atoms with E-state index < -0.39 is 0 Å². The second-order valence-corrected chi connectivity index (χ2v) is 2.32. The fraction of sp³-hybridized carbons (Fsp3) is 0. The SMILES string of the molecule is [O-][n+]1nc[n+]([18O-])c2ccccc21. The number of para-hydroxylation sites is 2. The van der Waals surface area contributed by atoms with E-state index in [1.165, 1.54) is 0 Å². The molecule has 5 heteroatoms. The van der Waals surface area contributed by atoms with Crippen molar-refractivity contribution in [1.29, 1.82) is 0 Å².